The van der Waals surface area contributed by atoms with Crippen molar-refractivity contribution >= 4 is 34.6 Å². The summed E-state index contributed by atoms with van der Waals surface area (Å²) < 4.78 is 11.9. The van der Waals surface area contributed by atoms with Crippen molar-refractivity contribution < 1.29 is 29.0 Å². The molecule has 0 bridgehead atoms. The summed E-state index contributed by atoms with van der Waals surface area (Å²) in [4.78, 5) is 36.6. The molecule has 0 aliphatic rings. The maximum absolute atomic E-state index is 12.7. The Morgan fingerprint density at radius 1 is 1.03 bits per heavy atom. The second-order valence-corrected chi connectivity index (χ2v) is 9.63. The largest absolute Gasteiger partial charge is 0.477 e. The fourth-order valence-corrected chi connectivity index (χ4v) is 2.82. The van der Waals surface area contributed by atoms with Gasteiger partial charge in [0.1, 0.15) is 5.69 Å². The van der Waals surface area contributed by atoms with Crippen LogP contribution in [0.15, 0.2) is 24.3 Å². The Morgan fingerprint density at radius 2 is 1.71 bits per heavy atom. The SMILES string of the molecule is CC(C)(C)CCOC(=O)n1c(C(=O)O)cc2ccc(NC(=O)CCOC(C)(C)C)cc21. The summed E-state index contributed by atoms with van der Waals surface area (Å²) in [5.74, 6) is -1.48. The van der Waals surface area contributed by atoms with Crippen LogP contribution in [-0.4, -0.2) is 46.5 Å². The molecule has 1 aromatic carbocycles. The summed E-state index contributed by atoms with van der Waals surface area (Å²) in [6, 6.07) is 6.29. The lowest BCUT2D eigenvalue weighted by molar-refractivity contribution is -0.118. The number of nitrogens with one attached hydrogen (secondary N) is 1. The first kappa shape index (κ1) is 24.4. The molecule has 2 rings (SSSR count). The molecule has 0 saturated heterocycles. The Labute approximate surface area is 182 Å². The number of carbonyl (C=O) groups excluding carboxylic acids is 2. The predicted octanol–water partition coefficient (Wildman–Crippen LogP) is 4.90. The Hall–Kier alpha value is -2.87. The number of carboxylic acid groups (broad SMARTS) is 1. The van der Waals surface area contributed by atoms with Gasteiger partial charge in [-0.15, -0.1) is 0 Å². The molecule has 31 heavy (non-hydrogen) atoms. The highest BCUT2D eigenvalue weighted by Crippen LogP contribution is 2.25. The molecule has 8 nitrogen and oxygen atoms in total. The molecule has 0 spiro atoms. The van der Waals surface area contributed by atoms with Gasteiger partial charge in [-0.2, -0.15) is 0 Å². The van der Waals surface area contributed by atoms with Crippen LogP contribution >= 0.6 is 0 Å². The molecule has 0 aliphatic carbocycles. The van der Waals surface area contributed by atoms with Gasteiger partial charge in [-0.3, -0.25) is 4.79 Å². The molecule has 0 fully saturated rings. The maximum Gasteiger partial charge on any atom is 0.419 e. The van der Waals surface area contributed by atoms with E-state index in [9.17, 15) is 19.5 Å². The van der Waals surface area contributed by atoms with Crippen LogP contribution in [0.3, 0.4) is 0 Å². The topological polar surface area (TPSA) is 107 Å². The number of hydrogen-bond acceptors (Lipinski definition) is 5. The van der Waals surface area contributed by atoms with Gasteiger partial charge in [0.25, 0.3) is 0 Å². The normalized spacial score (nSPS) is 12.1. The molecular formula is C23H32N2O6. The third-order valence-corrected chi connectivity index (χ3v) is 4.43. The first-order valence-corrected chi connectivity index (χ1v) is 10.3. The van der Waals surface area contributed by atoms with Crippen molar-refractivity contribution in [2.45, 2.75) is 60.0 Å². The average Bonchev–Trinajstić information content (AvgIpc) is 2.98. The number of fused-ring (bicyclic) bond motifs is 1. The monoisotopic (exact) mass is 432 g/mol. The molecule has 2 N–H and O–H groups in total. The number of aromatic nitrogens is 1. The third kappa shape index (κ3) is 7.40. The Kier molecular flexibility index (Phi) is 7.49. The van der Waals surface area contributed by atoms with Crippen molar-refractivity contribution in [3.63, 3.8) is 0 Å². The standard InChI is InChI=1S/C23H32N2O6/c1-22(2,3)10-12-30-21(29)25-17-14-16(8-7-15(17)13-18(25)20(27)28)24-19(26)9-11-31-23(4,5)6/h7-8,13-14H,9-12H2,1-6H3,(H,24,26)(H,27,28). The van der Waals surface area contributed by atoms with Gasteiger partial charge in [-0.25, -0.2) is 14.2 Å². The Morgan fingerprint density at radius 3 is 2.29 bits per heavy atom. The molecule has 0 atom stereocenters. The van der Waals surface area contributed by atoms with Crippen molar-refractivity contribution in [1.82, 2.24) is 4.57 Å². The number of carbonyl (C=O) groups is 3. The minimum absolute atomic E-state index is 0.0250. The zero-order valence-corrected chi connectivity index (χ0v) is 19.1. The van der Waals surface area contributed by atoms with Crippen molar-refractivity contribution in [2.75, 3.05) is 18.5 Å². The van der Waals surface area contributed by atoms with E-state index in [1.165, 1.54) is 6.07 Å². The van der Waals surface area contributed by atoms with Gasteiger partial charge in [0, 0.05) is 11.1 Å². The molecule has 0 radical (unpaired) electrons. The van der Waals surface area contributed by atoms with Gasteiger partial charge in [0.2, 0.25) is 5.91 Å². The van der Waals surface area contributed by atoms with Crippen molar-refractivity contribution in [3.05, 3.63) is 30.0 Å². The molecule has 0 aliphatic heterocycles. The van der Waals surface area contributed by atoms with Crippen LogP contribution in [-0.2, 0) is 14.3 Å². The van der Waals surface area contributed by atoms with E-state index in [4.69, 9.17) is 9.47 Å². The van der Waals surface area contributed by atoms with Crippen LogP contribution < -0.4 is 5.32 Å². The van der Waals surface area contributed by atoms with E-state index in [-0.39, 0.29) is 42.3 Å². The number of hydrogen-bond donors (Lipinski definition) is 2. The van der Waals surface area contributed by atoms with Gasteiger partial charge < -0.3 is 19.9 Å². The minimum atomic E-state index is -1.24. The first-order chi connectivity index (χ1) is 14.3. The van der Waals surface area contributed by atoms with Crippen molar-refractivity contribution in [2.24, 2.45) is 5.41 Å². The van der Waals surface area contributed by atoms with Crippen LogP contribution in [0.4, 0.5) is 10.5 Å². The number of amides is 1. The molecule has 1 amide bonds. The van der Waals surface area contributed by atoms with Crippen molar-refractivity contribution in [1.29, 1.82) is 0 Å². The zero-order valence-electron chi connectivity index (χ0n) is 19.1. The van der Waals surface area contributed by atoms with Gasteiger partial charge in [0.15, 0.2) is 0 Å². The first-order valence-electron chi connectivity index (χ1n) is 10.3. The minimum Gasteiger partial charge on any atom is -0.477 e. The number of anilines is 1. The number of aromatic carboxylic acids is 1. The number of ether oxygens (including phenoxy) is 2. The second kappa shape index (κ2) is 9.51. The van der Waals surface area contributed by atoms with Crippen LogP contribution in [0.25, 0.3) is 10.9 Å². The molecular weight excluding hydrogens is 400 g/mol. The van der Waals surface area contributed by atoms with E-state index >= 15 is 0 Å². The number of rotatable bonds is 7. The molecule has 1 aromatic heterocycles. The maximum atomic E-state index is 12.7. The van der Waals surface area contributed by atoms with E-state index in [2.05, 4.69) is 5.32 Å². The van der Waals surface area contributed by atoms with E-state index < -0.39 is 12.1 Å². The van der Waals surface area contributed by atoms with Gasteiger partial charge >= 0.3 is 12.1 Å². The summed E-state index contributed by atoms with van der Waals surface area (Å²) >= 11 is 0. The molecule has 0 unspecified atom stereocenters. The Bertz CT molecular complexity index is 963. The number of carboxylic acids is 1. The summed E-state index contributed by atoms with van der Waals surface area (Å²) in [5.41, 5.74) is 0.246. The molecule has 1 heterocycles. The van der Waals surface area contributed by atoms with Crippen LogP contribution in [0.2, 0.25) is 0 Å². The highest BCUT2D eigenvalue weighted by Gasteiger charge is 2.22. The average molecular weight is 433 g/mol. The third-order valence-electron chi connectivity index (χ3n) is 4.43. The van der Waals surface area contributed by atoms with Gasteiger partial charge in [0.05, 0.1) is 30.8 Å². The van der Waals surface area contributed by atoms with E-state index in [1.807, 2.05) is 41.5 Å². The summed E-state index contributed by atoms with van der Waals surface area (Å²) in [6.07, 6.45) is 0.0443. The lowest BCUT2D eigenvalue weighted by Crippen LogP contribution is -2.23. The van der Waals surface area contributed by atoms with E-state index in [1.54, 1.807) is 18.2 Å². The summed E-state index contributed by atoms with van der Waals surface area (Å²) in [7, 11) is 0. The molecule has 8 heteroatoms. The Balaban J connectivity index is 2.22. The van der Waals surface area contributed by atoms with Gasteiger partial charge in [-0.05, 0) is 50.8 Å². The van der Waals surface area contributed by atoms with E-state index in [0.29, 0.717) is 23.0 Å². The van der Waals surface area contributed by atoms with Crippen LogP contribution in [0.1, 0.15) is 64.9 Å². The van der Waals surface area contributed by atoms with Crippen LogP contribution in [0, 0.1) is 5.41 Å². The molecule has 2 aromatic rings. The highest BCUT2D eigenvalue weighted by atomic mass is 16.5. The summed E-state index contributed by atoms with van der Waals surface area (Å²) in [5, 5.41) is 12.8. The van der Waals surface area contributed by atoms with Crippen molar-refractivity contribution in [3.8, 4) is 0 Å². The number of nitrogens with zero attached hydrogens (tertiary/aromatic N) is 1. The number of benzene rings is 1. The molecule has 0 saturated carbocycles. The quantitative estimate of drug-likeness (QED) is 0.644. The highest BCUT2D eigenvalue weighted by molar-refractivity contribution is 6.02. The van der Waals surface area contributed by atoms with Crippen LogP contribution in [0.5, 0.6) is 0 Å². The fraction of sp³-hybridized carbons (Fsp3) is 0.522. The fourth-order valence-electron chi connectivity index (χ4n) is 2.82. The van der Waals surface area contributed by atoms with Gasteiger partial charge in [-0.1, -0.05) is 26.8 Å². The lowest BCUT2D eigenvalue weighted by atomic mass is 9.93. The predicted molar refractivity (Wildman–Crippen MR) is 119 cm³/mol. The smallest absolute Gasteiger partial charge is 0.419 e. The lowest BCUT2D eigenvalue weighted by Gasteiger charge is -2.19. The van der Waals surface area contributed by atoms with E-state index in [0.717, 1.165) is 4.57 Å². The second-order valence-electron chi connectivity index (χ2n) is 9.63. The molecule has 170 valence electrons. The summed E-state index contributed by atoms with van der Waals surface area (Å²) in [6.45, 7) is 12.2. The zero-order chi connectivity index (χ0) is 23.4.